The van der Waals surface area contributed by atoms with E-state index in [-0.39, 0.29) is 28.4 Å². The predicted molar refractivity (Wildman–Crippen MR) is 88.4 cm³/mol. The first-order valence-corrected chi connectivity index (χ1v) is 7.81. The summed E-state index contributed by atoms with van der Waals surface area (Å²) in [4.78, 5) is 35.7. The maximum absolute atomic E-state index is 13.4. The zero-order valence-electron chi connectivity index (χ0n) is 13.7. The van der Waals surface area contributed by atoms with E-state index in [1.54, 1.807) is 13.1 Å². The number of aryl methyl sites for hydroxylation is 1. The Kier molecular flexibility index (Phi) is 4.30. The second-order valence-electron chi connectivity index (χ2n) is 6.09. The maximum Gasteiger partial charge on any atom is 0.377 e. The number of nitrogens with zero attached hydrogens (tertiary/aromatic N) is 2. The molecule has 1 fully saturated rings. The number of halogens is 1. The van der Waals surface area contributed by atoms with Crippen LogP contribution >= 0.6 is 0 Å². The van der Waals surface area contributed by atoms with Crippen molar-refractivity contribution >= 4 is 23.3 Å². The standard InChI is InChI=1S/C18H14FN3O4/c1-22-8-12(16(23)18(25)26)14(9-2-3-9)15(22)17(24)21-11-4-5-13(19)10(6-11)7-20/h4-6,8-9H,2-3H2,1H3,(H,21,24)(H,25,26). The van der Waals surface area contributed by atoms with Crippen molar-refractivity contribution in [3.8, 4) is 6.07 Å². The molecule has 0 atom stereocenters. The van der Waals surface area contributed by atoms with E-state index in [4.69, 9.17) is 10.4 Å². The fourth-order valence-corrected chi connectivity index (χ4v) is 2.89. The number of benzene rings is 1. The molecule has 1 aliphatic rings. The normalized spacial score (nSPS) is 13.1. The molecule has 1 aliphatic carbocycles. The van der Waals surface area contributed by atoms with Gasteiger partial charge in [0.25, 0.3) is 11.7 Å². The Morgan fingerprint density at radius 2 is 2.04 bits per heavy atom. The van der Waals surface area contributed by atoms with Gasteiger partial charge in [-0.2, -0.15) is 5.26 Å². The molecule has 2 N–H and O–H groups in total. The van der Waals surface area contributed by atoms with Crippen molar-refractivity contribution in [2.75, 3.05) is 5.32 Å². The second kappa shape index (κ2) is 6.44. The van der Waals surface area contributed by atoms with Crippen LogP contribution in [0.4, 0.5) is 10.1 Å². The summed E-state index contributed by atoms with van der Waals surface area (Å²) < 4.78 is 14.8. The average Bonchev–Trinajstić information content (AvgIpc) is 3.38. The first-order chi connectivity index (χ1) is 12.3. The number of carboxylic acids is 1. The van der Waals surface area contributed by atoms with Gasteiger partial charge in [0.15, 0.2) is 0 Å². The molecule has 1 amide bonds. The van der Waals surface area contributed by atoms with Crippen LogP contribution in [0.1, 0.15) is 50.7 Å². The maximum atomic E-state index is 13.4. The Hall–Kier alpha value is -3.47. The highest BCUT2D eigenvalue weighted by molar-refractivity contribution is 6.40. The number of nitrogens with one attached hydrogen (secondary N) is 1. The van der Waals surface area contributed by atoms with Crippen molar-refractivity contribution in [1.29, 1.82) is 5.26 Å². The van der Waals surface area contributed by atoms with Gasteiger partial charge in [0.2, 0.25) is 0 Å². The molecule has 1 aromatic carbocycles. The summed E-state index contributed by atoms with van der Waals surface area (Å²) >= 11 is 0. The SMILES string of the molecule is Cn1cc(C(=O)C(=O)O)c(C2CC2)c1C(=O)Nc1ccc(F)c(C#N)c1. The zero-order chi connectivity index (χ0) is 19.0. The van der Waals surface area contributed by atoms with E-state index in [1.165, 1.54) is 22.9 Å². The molecule has 1 heterocycles. The number of carboxylic acid groups (broad SMARTS) is 1. The third-order valence-corrected chi connectivity index (χ3v) is 4.20. The van der Waals surface area contributed by atoms with Gasteiger partial charge in [-0.15, -0.1) is 0 Å². The van der Waals surface area contributed by atoms with Gasteiger partial charge in [-0.25, -0.2) is 9.18 Å². The quantitative estimate of drug-likeness (QED) is 0.632. The summed E-state index contributed by atoms with van der Waals surface area (Å²) in [6, 6.07) is 5.28. The Bertz CT molecular complexity index is 983. The molecule has 0 spiro atoms. The van der Waals surface area contributed by atoms with Crippen molar-refractivity contribution in [3.63, 3.8) is 0 Å². The number of amides is 1. The fraction of sp³-hybridized carbons (Fsp3) is 0.222. The second-order valence-corrected chi connectivity index (χ2v) is 6.09. The predicted octanol–water partition coefficient (Wildman–Crippen LogP) is 2.43. The number of ketones is 1. The van der Waals surface area contributed by atoms with E-state index in [0.29, 0.717) is 5.56 Å². The molecular formula is C18H14FN3O4. The van der Waals surface area contributed by atoms with Crippen LogP contribution in [0.25, 0.3) is 0 Å². The van der Waals surface area contributed by atoms with Crippen LogP contribution in [0.2, 0.25) is 0 Å². The van der Waals surface area contributed by atoms with Gasteiger partial charge in [-0.1, -0.05) is 0 Å². The largest absolute Gasteiger partial charge is 0.475 e. The Morgan fingerprint density at radius 3 is 2.62 bits per heavy atom. The van der Waals surface area contributed by atoms with E-state index in [1.807, 2.05) is 0 Å². The van der Waals surface area contributed by atoms with Crippen LogP contribution in [0.3, 0.4) is 0 Å². The number of carbonyl (C=O) groups excluding carboxylic acids is 2. The smallest absolute Gasteiger partial charge is 0.377 e. The molecule has 132 valence electrons. The molecule has 7 nitrogen and oxygen atoms in total. The number of hydrogen-bond acceptors (Lipinski definition) is 4. The highest BCUT2D eigenvalue weighted by Gasteiger charge is 2.36. The summed E-state index contributed by atoms with van der Waals surface area (Å²) in [7, 11) is 1.55. The van der Waals surface area contributed by atoms with Gasteiger partial charge in [-0.3, -0.25) is 9.59 Å². The summed E-state index contributed by atoms with van der Waals surface area (Å²) in [6.07, 6.45) is 2.86. The van der Waals surface area contributed by atoms with Crippen molar-refractivity contribution in [2.45, 2.75) is 18.8 Å². The molecule has 1 saturated carbocycles. The van der Waals surface area contributed by atoms with Crippen LogP contribution in [0.5, 0.6) is 0 Å². The lowest BCUT2D eigenvalue weighted by molar-refractivity contribution is -0.131. The molecule has 1 aromatic heterocycles. The molecule has 26 heavy (non-hydrogen) atoms. The van der Waals surface area contributed by atoms with Gasteiger partial charge in [0, 0.05) is 18.9 Å². The average molecular weight is 355 g/mol. The van der Waals surface area contributed by atoms with Gasteiger partial charge >= 0.3 is 5.97 Å². The monoisotopic (exact) mass is 355 g/mol. The van der Waals surface area contributed by atoms with E-state index < -0.39 is 23.5 Å². The Labute approximate surface area is 147 Å². The third kappa shape index (κ3) is 3.07. The number of nitriles is 1. The van der Waals surface area contributed by atoms with Crippen molar-refractivity contribution in [2.24, 2.45) is 7.05 Å². The fourth-order valence-electron chi connectivity index (χ4n) is 2.89. The molecule has 0 bridgehead atoms. The Balaban J connectivity index is 1.99. The van der Waals surface area contributed by atoms with Crippen molar-refractivity contribution in [3.05, 3.63) is 52.6 Å². The lowest BCUT2D eigenvalue weighted by atomic mass is 10.0. The van der Waals surface area contributed by atoms with Gasteiger partial charge in [0.1, 0.15) is 17.6 Å². The van der Waals surface area contributed by atoms with E-state index >= 15 is 0 Å². The minimum atomic E-state index is -1.58. The molecule has 0 aliphatic heterocycles. The van der Waals surface area contributed by atoms with Crippen LogP contribution in [-0.4, -0.2) is 27.3 Å². The van der Waals surface area contributed by atoms with Gasteiger partial charge in [-0.05, 0) is 42.5 Å². The summed E-state index contributed by atoms with van der Waals surface area (Å²) in [6.45, 7) is 0. The first-order valence-electron chi connectivity index (χ1n) is 7.81. The highest BCUT2D eigenvalue weighted by atomic mass is 19.1. The number of rotatable bonds is 5. The molecule has 0 radical (unpaired) electrons. The van der Waals surface area contributed by atoms with Crippen LogP contribution in [-0.2, 0) is 11.8 Å². The van der Waals surface area contributed by atoms with E-state index in [0.717, 1.165) is 18.9 Å². The van der Waals surface area contributed by atoms with Crippen molar-refractivity contribution < 1.29 is 23.9 Å². The molecule has 0 unspecified atom stereocenters. The Morgan fingerprint density at radius 1 is 1.35 bits per heavy atom. The summed E-state index contributed by atoms with van der Waals surface area (Å²) in [5, 5.41) is 20.4. The minimum absolute atomic E-state index is 0.00414. The van der Waals surface area contributed by atoms with E-state index in [2.05, 4.69) is 5.32 Å². The van der Waals surface area contributed by atoms with Gasteiger partial charge < -0.3 is 15.0 Å². The van der Waals surface area contributed by atoms with Crippen LogP contribution < -0.4 is 5.32 Å². The molecule has 8 heteroatoms. The van der Waals surface area contributed by atoms with Crippen LogP contribution in [0.15, 0.2) is 24.4 Å². The molecule has 0 saturated heterocycles. The van der Waals surface area contributed by atoms with Gasteiger partial charge in [0.05, 0.1) is 11.1 Å². The number of carbonyl (C=O) groups is 3. The van der Waals surface area contributed by atoms with Crippen molar-refractivity contribution in [1.82, 2.24) is 4.57 Å². The molecule has 2 aromatic rings. The third-order valence-electron chi connectivity index (χ3n) is 4.20. The zero-order valence-corrected chi connectivity index (χ0v) is 13.7. The number of aliphatic carboxylic acids is 1. The molecule has 3 rings (SSSR count). The summed E-state index contributed by atoms with van der Waals surface area (Å²) in [5.74, 6) is -3.94. The summed E-state index contributed by atoms with van der Waals surface area (Å²) in [5.41, 5.74) is 0.616. The highest BCUT2D eigenvalue weighted by Crippen LogP contribution is 2.44. The number of anilines is 1. The number of hydrogen-bond donors (Lipinski definition) is 2. The lowest BCUT2D eigenvalue weighted by Gasteiger charge is -2.09. The first kappa shape index (κ1) is 17.4. The minimum Gasteiger partial charge on any atom is -0.475 e. The topological polar surface area (TPSA) is 112 Å². The number of Topliss-reactive ketones (excluding diaryl/α,β-unsaturated/α-hetero) is 1. The number of aromatic nitrogens is 1. The van der Waals surface area contributed by atoms with Crippen LogP contribution in [0, 0.1) is 17.1 Å². The lowest BCUT2D eigenvalue weighted by Crippen LogP contribution is -2.18. The van der Waals surface area contributed by atoms with E-state index in [9.17, 15) is 18.8 Å². The molecular weight excluding hydrogens is 341 g/mol.